The summed E-state index contributed by atoms with van der Waals surface area (Å²) in [4.78, 5) is 11.6. The lowest BCUT2D eigenvalue weighted by Gasteiger charge is -2.00. The van der Waals surface area contributed by atoms with Crippen LogP contribution in [0.2, 0.25) is 0 Å². The van der Waals surface area contributed by atoms with Crippen molar-refractivity contribution >= 4 is 10.0 Å². The number of rotatable bonds is 3. The highest BCUT2D eigenvalue weighted by Crippen LogP contribution is 2.09. The molecule has 0 bridgehead atoms. The van der Waals surface area contributed by atoms with Crippen LogP contribution >= 0.6 is 0 Å². The molecular formula is C9H10N4O3S. The molecule has 0 aliphatic carbocycles. The lowest BCUT2D eigenvalue weighted by Crippen LogP contribution is -2.30. The van der Waals surface area contributed by atoms with Gasteiger partial charge in [-0.25, -0.2) is 4.79 Å². The average molecular weight is 254 g/mol. The Morgan fingerprint density at radius 3 is 2.35 bits per heavy atom. The fraction of sp³-hybridized carbons (Fsp3) is 0.222. The van der Waals surface area contributed by atoms with Gasteiger partial charge in [-0.05, 0) is 29.5 Å². The number of hydrogen-bond acceptors (Lipinski definition) is 5. The van der Waals surface area contributed by atoms with Crippen LogP contribution in [0.5, 0.6) is 0 Å². The lowest BCUT2D eigenvalue weighted by atomic mass is 10.4. The Morgan fingerprint density at radius 2 is 1.82 bits per heavy atom. The van der Waals surface area contributed by atoms with Gasteiger partial charge in [-0.15, -0.1) is 0 Å². The fourth-order valence-electron chi connectivity index (χ4n) is 1.30. The molecule has 1 aromatic heterocycles. The second kappa shape index (κ2) is 4.13. The average Bonchev–Trinajstić information content (AvgIpc) is 2.72. The molecule has 1 aromatic carbocycles. The van der Waals surface area contributed by atoms with Crippen molar-refractivity contribution in [2.45, 2.75) is 18.4 Å². The number of hydrogen-bond donors (Lipinski definition) is 0. The molecule has 8 heteroatoms. The van der Waals surface area contributed by atoms with Crippen LogP contribution in [0.3, 0.4) is 0 Å². The SMILES string of the molecule is CCn1nnn(S(=O)(=O)c2ccccc2)c1=O. The Hall–Kier alpha value is -1.96. The molecular weight excluding hydrogens is 244 g/mol. The van der Waals surface area contributed by atoms with E-state index in [2.05, 4.69) is 10.4 Å². The summed E-state index contributed by atoms with van der Waals surface area (Å²) in [7, 11) is -3.95. The molecule has 0 unspecified atom stereocenters. The summed E-state index contributed by atoms with van der Waals surface area (Å²) in [6.07, 6.45) is 0. The molecule has 1 heterocycles. The topological polar surface area (TPSA) is 86.8 Å². The molecule has 0 aliphatic rings. The van der Waals surface area contributed by atoms with E-state index in [9.17, 15) is 13.2 Å². The maximum Gasteiger partial charge on any atom is 0.378 e. The maximum absolute atomic E-state index is 12.0. The standard InChI is InChI=1S/C9H10N4O3S/c1-2-12-9(14)13(11-10-12)17(15,16)8-6-4-3-5-7-8/h3-7H,2H2,1H3. The minimum Gasteiger partial charge on any atom is -0.243 e. The minimum atomic E-state index is -3.95. The largest absolute Gasteiger partial charge is 0.378 e. The van der Waals surface area contributed by atoms with Gasteiger partial charge in [0.2, 0.25) is 0 Å². The van der Waals surface area contributed by atoms with Crippen molar-refractivity contribution in [3.05, 3.63) is 40.8 Å². The molecule has 0 amide bonds. The van der Waals surface area contributed by atoms with Crippen molar-refractivity contribution in [2.75, 3.05) is 0 Å². The highest BCUT2D eigenvalue weighted by Gasteiger charge is 2.22. The molecule has 0 atom stereocenters. The van der Waals surface area contributed by atoms with Crippen molar-refractivity contribution < 1.29 is 8.42 Å². The van der Waals surface area contributed by atoms with Crippen LogP contribution in [0.25, 0.3) is 0 Å². The second-order valence-electron chi connectivity index (χ2n) is 3.24. The summed E-state index contributed by atoms with van der Waals surface area (Å²) in [6, 6.07) is 7.62. The Labute approximate surface area is 97.3 Å². The normalized spacial score (nSPS) is 11.6. The van der Waals surface area contributed by atoms with Crippen molar-refractivity contribution in [1.29, 1.82) is 0 Å². The summed E-state index contributed by atoms with van der Waals surface area (Å²) >= 11 is 0. The number of benzene rings is 1. The molecule has 17 heavy (non-hydrogen) atoms. The molecule has 0 radical (unpaired) electrons. The van der Waals surface area contributed by atoms with Crippen LogP contribution in [-0.4, -0.2) is 27.6 Å². The Bertz CT molecular complexity index is 672. The number of aromatic nitrogens is 4. The highest BCUT2D eigenvalue weighted by atomic mass is 32.2. The predicted octanol–water partition coefficient (Wildman–Crippen LogP) is -0.303. The van der Waals surface area contributed by atoms with E-state index in [1.807, 2.05) is 0 Å². The number of tetrazole rings is 1. The molecule has 0 spiro atoms. The molecule has 0 aliphatic heterocycles. The van der Waals surface area contributed by atoms with Gasteiger partial charge in [0.15, 0.2) is 0 Å². The molecule has 0 fully saturated rings. The van der Waals surface area contributed by atoms with Gasteiger partial charge in [0, 0.05) is 6.54 Å². The summed E-state index contributed by atoms with van der Waals surface area (Å²) in [6.45, 7) is 1.94. The number of aryl methyl sites for hydroxylation is 1. The van der Waals surface area contributed by atoms with Gasteiger partial charge < -0.3 is 0 Å². The van der Waals surface area contributed by atoms with Crippen LogP contribution in [0.1, 0.15) is 6.92 Å². The van der Waals surface area contributed by atoms with Gasteiger partial charge in [0.1, 0.15) is 0 Å². The molecule has 0 saturated heterocycles. The van der Waals surface area contributed by atoms with Crippen LogP contribution < -0.4 is 5.69 Å². The molecule has 7 nitrogen and oxygen atoms in total. The highest BCUT2D eigenvalue weighted by molar-refractivity contribution is 7.89. The monoisotopic (exact) mass is 254 g/mol. The van der Waals surface area contributed by atoms with Gasteiger partial charge in [-0.1, -0.05) is 22.3 Å². The van der Waals surface area contributed by atoms with Crippen molar-refractivity contribution in [3.63, 3.8) is 0 Å². The van der Waals surface area contributed by atoms with Gasteiger partial charge in [-0.3, -0.25) is 0 Å². The van der Waals surface area contributed by atoms with Gasteiger partial charge in [-0.2, -0.15) is 13.1 Å². The summed E-state index contributed by atoms with van der Waals surface area (Å²) < 4.78 is 25.4. The van der Waals surface area contributed by atoms with E-state index in [0.29, 0.717) is 4.09 Å². The lowest BCUT2D eigenvalue weighted by molar-refractivity contribution is 0.575. The third-order valence-electron chi connectivity index (χ3n) is 2.18. The van der Waals surface area contributed by atoms with Crippen molar-refractivity contribution in [3.8, 4) is 0 Å². The molecule has 90 valence electrons. The second-order valence-corrected chi connectivity index (χ2v) is 5.01. The van der Waals surface area contributed by atoms with Gasteiger partial charge >= 0.3 is 5.69 Å². The first-order valence-corrected chi connectivity index (χ1v) is 6.35. The van der Waals surface area contributed by atoms with E-state index in [4.69, 9.17) is 0 Å². The van der Waals surface area contributed by atoms with Crippen LogP contribution in [0.4, 0.5) is 0 Å². The minimum absolute atomic E-state index is 0.00486. The summed E-state index contributed by atoms with van der Waals surface area (Å²) in [5.74, 6) is 0. The van der Waals surface area contributed by atoms with Crippen LogP contribution in [0, 0.1) is 0 Å². The smallest absolute Gasteiger partial charge is 0.243 e. The quantitative estimate of drug-likeness (QED) is 0.750. The third kappa shape index (κ3) is 1.86. The zero-order chi connectivity index (χ0) is 12.5. The summed E-state index contributed by atoms with van der Waals surface area (Å²) in [5, 5.41) is 6.83. The third-order valence-corrected chi connectivity index (χ3v) is 3.73. The van der Waals surface area contributed by atoms with E-state index in [1.54, 1.807) is 25.1 Å². The Kier molecular flexibility index (Phi) is 2.80. The first-order valence-electron chi connectivity index (χ1n) is 4.91. The molecule has 2 rings (SSSR count). The van der Waals surface area contributed by atoms with E-state index in [1.165, 1.54) is 12.1 Å². The zero-order valence-electron chi connectivity index (χ0n) is 9.02. The predicted molar refractivity (Wildman–Crippen MR) is 59.0 cm³/mol. The zero-order valence-corrected chi connectivity index (χ0v) is 9.83. The fourth-order valence-corrected chi connectivity index (χ4v) is 2.43. The first kappa shape index (κ1) is 11.5. The molecule has 2 aromatic rings. The molecule has 0 saturated carbocycles. The van der Waals surface area contributed by atoms with Crippen LogP contribution in [-0.2, 0) is 16.6 Å². The van der Waals surface area contributed by atoms with E-state index in [0.717, 1.165) is 4.68 Å². The number of nitrogens with zero attached hydrogens (tertiary/aromatic N) is 4. The van der Waals surface area contributed by atoms with Crippen LogP contribution in [0.15, 0.2) is 40.0 Å². The first-order chi connectivity index (χ1) is 8.07. The Morgan fingerprint density at radius 1 is 1.18 bits per heavy atom. The van der Waals surface area contributed by atoms with Gasteiger partial charge in [0.05, 0.1) is 4.90 Å². The molecule has 0 N–H and O–H groups in total. The van der Waals surface area contributed by atoms with Crippen molar-refractivity contribution in [2.24, 2.45) is 0 Å². The van der Waals surface area contributed by atoms with E-state index >= 15 is 0 Å². The van der Waals surface area contributed by atoms with E-state index < -0.39 is 15.7 Å². The maximum atomic E-state index is 12.0. The van der Waals surface area contributed by atoms with E-state index in [-0.39, 0.29) is 11.4 Å². The van der Waals surface area contributed by atoms with Crippen molar-refractivity contribution in [1.82, 2.24) is 19.2 Å². The summed E-state index contributed by atoms with van der Waals surface area (Å²) in [5.41, 5.74) is -0.767. The van der Waals surface area contributed by atoms with Gasteiger partial charge in [0.25, 0.3) is 10.0 Å². The Balaban J connectivity index is 2.61.